The third-order valence-electron chi connectivity index (χ3n) is 7.57. The number of nitro groups is 2. The van der Waals surface area contributed by atoms with E-state index in [1.165, 1.54) is 49.7 Å². The van der Waals surface area contributed by atoms with Crippen LogP contribution in [-0.4, -0.2) is 21.9 Å². The SMILES string of the molecule is CCCCCCCC(CCCc1ccccc1)[N+](=O)[O-].CCCCCCCC(CCCc1ccccc1)[N+](=O)[O-]. The maximum Gasteiger partial charge on any atom is 0.213 e. The molecule has 0 spiro atoms. The zero-order chi connectivity index (χ0) is 29.3. The summed E-state index contributed by atoms with van der Waals surface area (Å²) in [4.78, 5) is 22.0. The second-order valence-corrected chi connectivity index (χ2v) is 11.0. The molecule has 2 unspecified atom stereocenters. The van der Waals surface area contributed by atoms with Crippen LogP contribution in [0.2, 0.25) is 0 Å². The minimum Gasteiger partial charge on any atom is -0.264 e. The zero-order valence-corrected chi connectivity index (χ0v) is 25.2. The second-order valence-electron chi connectivity index (χ2n) is 11.0. The molecule has 0 aliphatic rings. The lowest BCUT2D eigenvalue weighted by Crippen LogP contribution is -2.19. The van der Waals surface area contributed by atoms with Crippen molar-refractivity contribution in [3.63, 3.8) is 0 Å². The maximum atomic E-state index is 11.1. The number of hydrogen-bond donors (Lipinski definition) is 0. The molecule has 6 nitrogen and oxygen atoms in total. The molecule has 2 aromatic carbocycles. The minimum atomic E-state index is -0.347. The lowest BCUT2D eigenvalue weighted by molar-refractivity contribution is -0.524. The van der Waals surface area contributed by atoms with Gasteiger partial charge in [-0.1, -0.05) is 126 Å². The highest BCUT2D eigenvalue weighted by atomic mass is 16.6. The average Bonchev–Trinajstić information content (AvgIpc) is 2.96. The van der Waals surface area contributed by atoms with E-state index in [-0.39, 0.29) is 21.9 Å². The summed E-state index contributed by atoms with van der Waals surface area (Å²) in [7, 11) is 0. The first-order valence-corrected chi connectivity index (χ1v) is 15.8. The summed E-state index contributed by atoms with van der Waals surface area (Å²) in [6.45, 7) is 4.37. The van der Waals surface area contributed by atoms with E-state index in [9.17, 15) is 20.2 Å². The molecule has 0 aliphatic carbocycles. The van der Waals surface area contributed by atoms with Crippen molar-refractivity contribution in [2.75, 3.05) is 0 Å². The molecule has 0 bridgehead atoms. The molecule has 40 heavy (non-hydrogen) atoms. The van der Waals surface area contributed by atoms with Crippen LogP contribution in [0.3, 0.4) is 0 Å². The van der Waals surface area contributed by atoms with Crippen molar-refractivity contribution in [3.8, 4) is 0 Å². The average molecular weight is 555 g/mol. The lowest BCUT2D eigenvalue weighted by Gasteiger charge is -2.09. The summed E-state index contributed by atoms with van der Waals surface area (Å²) >= 11 is 0. The predicted molar refractivity (Wildman–Crippen MR) is 167 cm³/mol. The molecule has 6 heteroatoms. The van der Waals surface area contributed by atoms with E-state index in [1.807, 2.05) is 36.4 Å². The van der Waals surface area contributed by atoms with Crippen LogP contribution in [0.15, 0.2) is 60.7 Å². The van der Waals surface area contributed by atoms with Gasteiger partial charge in [0.25, 0.3) is 0 Å². The van der Waals surface area contributed by atoms with Crippen LogP contribution in [0.5, 0.6) is 0 Å². The number of nitrogens with zero attached hydrogens (tertiary/aromatic N) is 2. The summed E-state index contributed by atoms with van der Waals surface area (Å²) in [6.07, 6.45) is 18.2. The van der Waals surface area contributed by atoms with Gasteiger partial charge >= 0.3 is 0 Å². The Labute approximate surface area is 243 Å². The second kappa shape index (κ2) is 24.1. The number of benzene rings is 2. The summed E-state index contributed by atoms with van der Waals surface area (Å²) in [5, 5.41) is 22.1. The van der Waals surface area contributed by atoms with Gasteiger partial charge in [-0.05, 0) is 49.7 Å². The van der Waals surface area contributed by atoms with Gasteiger partial charge < -0.3 is 0 Å². The molecule has 2 atom stereocenters. The Balaban J connectivity index is 0.000000400. The molecular formula is C34H54N2O4. The van der Waals surface area contributed by atoms with E-state index in [1.54, 1.807) is 0 Å². The van der Waals surface area contributed by atoms with Crippen LogP contribution in [-0.2, 0) is 12.8 Å². The Kier molecular flexibility index (Phi) is 21.2. The number of unbranched alkanes of at least 4 members (excludes halogenated alkanes) is 8. The third kappa shape index (κ3) is 18.5. The molecule has 0 saturated heterocycles. The van der Waals surface area contributed by atoms with Gasteiger partial charge in [0.05, 0.1) is 0 Å². The van der Waals surface area contributed by atoms with E-state index in [2.05, 4.69) is 38.1 Å². The van der Waals surface area contributed by atoms with Crippen molar-refractivity contribution in [2.45, 2.75) is 142 Å². The first-order valence-electron chi connectivity index (χ1n) is 15.8. The van der Waals surface area contributed by atoms with Crippen LogP contribution < -0.4 is 0 Å². The molecule has 0 amide bonds. The smallest absolute Gasteiger partial charge is 0.213 e. The fraction of sp³-hybridized carbons (Fsp3) is 0.647. The van der Waals surface area contributed by atoms with E-state index < -0.39 is 0 Å². The van der Waals surface area contributed by atoms with Crippen molar-refractivity contribution in [1.29, 1.82) is 0 Å². The topological polar surface area (TPSA) is 86.3 Å². The molecule has 0 heterocycles. The summed E-state index contributed by atoms with van der Waals surface area (Å²) in [5.74, 6) is 0. The fourth-order valence-corrected chi connectivity index (χ4v) is 5.05. The molecular weight excluding hydrogens is 500 g/mol. The molecule has 0 N–H and O–H groups in total. The standard InChI is InChI=1S/2C17H27NO2/c2*1-2-3-4-5-9-14-17(18(19)20)15-10-13-16-11-7-6-8-12-16/h2*6-8,11-12,17H,2-5,9-10,13-15H2,1H3. The van der Waals surface area contributed by atoms with Gasteiger partial charge in [-0.3, -0.25) is 20.2 Å². The lowest BCUT2D eigenvalue weighted by atomic mass is 10.0. The number of aryl methyl sites for hydroxylation is 2. The van der Waals surface area contributed by atoms with Gasteiger partial charge in [0.1, 0.15) is 0 Å². The highest BCUT2D eigenvalue weighted by Gasteiger charge is 2.19. The third-order valence-corrected chi connectivity index (χ3v) is 7.57. The van der Waals surface area contributed by atoms with Crippen LogP contribution in [0, 0.1) is 20.2 Å². The van der Waals surface area contributed by atoms with E-state index >= 15 is 0 Å². The van der Waals surface area contributed by atoms with E-state index in [0.717, 1.165) is 64.2 Å². The Bertz CT molecular complexity index is 803. The van der Waals surface area contributed by atoms with E-state index in [4.69, 9.17) is 0 Å². The van der Waals surface area contributed by atoms with Crippen LogP contribution in [0.4, 0.5) is 0 Å². The molecule has 0 radical (unpaired) electrons. The Morgan fingerprint density at radius 1 is 0.500 bits per heavy atom. The van der Waals surface area contributed by atoms with Crippen molar-refractivity contribution < 1.29 is 9.85 Å². The quantitative estimate of drug-likeness (QED) is 0.0823. The maximum absolute atomic E-state index is 11.1. The molecule has 224 valence electrons. The summed E-state index contributed by atoms with van der Waals surface area (Å²) in [5.41, 5.74) is 2.55. The normalized spacial score (nSPS) is 12.2. The van der Waals surface area contributed by atoms with Gasteiger partial charge in [0.2, 0.25) is 12.1 Å². The first kappa shape index (κ1) is 35.3. The largest absolute Gasteiger partial charge is 0.264 e. The molecule has 2 aromatic rings. The van der Waals surface area contributed by atoms with Gasteiger partial charge in [0, 0.05) is 35.5 Å². The van der Waals surface area contributed by atoms with Gasteiger partial charge in [-0.15, -0.1) is 0 Å². The zero-order valence-electron chi connectivity index (χ0n) is 25.2. The monoisotopic (exact) mass is 554 g/mol. The Morgan fingerprint density at radius 3 is 1.15 bits per heavy atom. The highest BCUT2D eigenvalue weighted by Crippen LogP contribution is 2.16. The van der Waals surface area contributed by atoms with E-state index in [0.29, 0.717) is 12.8 Å². The Hall–Kier alpha value is -2.76. The highest BCUT2D eigenvalue weighted by molar-refractivity contribution is 5.15. The Morgan fingerprint density at radius 2 is 0.825 bits per heavy atom. The van der Waals surface area contributed by atoms with Crippen LogP contribution >= 0.6 is 0 Å². The van der Waals surface area contributed by atoms with Crippen LogP contribution in [0.1, 0.15) is 128 Å². The van der Waals surface area contributed by atoms with Crippen molar-refractivity contribution in [3.05, 3.63) is 92.0 Å². The molecule has 0 aromatic heterocycles. The fourth-order valence-electron chi connectivity index (χ4n) is 5.05. The van der Waals surface area contributed by atoms with Crippen molar-refractivity contribution in [1.82, 2.24) is 0 Å². The number of hydrogen-bond acceptors (Lipinski definition) is 4. The van der Waals surface area contributed by atoms with Gasteiger partial charge in [-0.25, -0.2) is 0 Å². The summed E-state index contributed by atoms with van der Waals surface area (Å²) < 4.78 is 0. The van der Waals surface area contributed by atoms with Crippen LogP contribution in [0.25, 0.3) is 0 Å². The van der Waals surface area contributed by atoms with Gasteiger partial charge in [0.15, 0.2) is 0 Å². The summed E-state index contributed by atoms with van der Waals surface area (Å²) in [6, 6.07) is 19.7. The number of rotatable bonds is 22. The molecule has 0 fully saturated rings. The molecule has 2 rings (SSSR count). The molecule has 0 saturated carbocycles. The molecule has 0 aliphatic heterocycles. The van der Waals surface area contributed by atoms with Crippen molar-refractivity contribution >= 4 is 0 Å². The van der Waals surface area contributed by atoms with Gasteiger partial charge in [-0.2, -0.15) is 0 Å². The minimum absolute atomic E-state index is 0.0786. The predicted octanol–water partition coefficient (Wildman–Crippen LogP) is 10.0. The first-order chi connectivity index (χ1) is 19.5. The van der Waals surface area contributed by atoms with Crippen molar-refractivity contribution in [2.24, 2.45) is 0 Å².